The summed E-state index contributed by atoms with van der Waals surface area (Å²) in [5, 5.41) is 0.0910. The van der Waals surface area contributed by atoms with Crippen LogP contribution in [0.2, 0.25) is 5.02 Å². The van der Waals surface area contributed by atoms with Crippen LogP contribution in [0.5, 0.6) is 0 Å². The molecule has 19 heavy (non-hydrogen) atoms. The smallest absolute Gasteiger partial charge is 0.324 e. The van der Waals surface area contributed by atoms with Crippen LogP contribution in [0.25, 0.3) is 0 Å². The van der Waals surface area contributed by atoms with Gasteiger partial charge < -0.3 is 5.73 Å². The van der Waals surface area contributed by atoms with Crippen molar-refractivity contribution in [1.29, 1.82) is 0 Å². The van der Waals surface area contributed by atoms with Gasteiger partial charge in [-0.3, -0.25) is 0 Å². The Bertz CT molecular complexity index is 428. The van der Waals surface area contributed by atoms with Gasteiger partial charge in [0.2, 0.25) is 0 Å². The van der Waals surface area contributed by atoms with E-state index >= 15 is 0 Å². The number of hydrogen-bond donors (Lipinski definition) is 1. The number of nitrogens with two attached hydrogens (primary N) is 1. The second-order valence-electron chi connectivity index (χ2n) is 4.84. The first-order valence-electron chi connectivity index (χ1n) is 6.01. The summed E-state index contributed by atoms with van der Waals surface area (Å²) in [6.07, 6.45) is -0.213. The van der Waals surface area contributed by atoms with Crippen LogP contribution in [0.1, 0.15) is 42.9 Å². The van der Waals surface area contributed by atoms with Crippen molar-refractivity contribution >= 4 is 24.0 Å². The summed E-state index contributed by atoms with van der Waals surface area (Å²) in [6, 6.07) is 3.24. The van der Waals surface area contributed by atoms with Crippen molar-refractivity contribution in [2.24, 2.45) is 11.7 Å². The molecule has 0 spiro atoms. The zero-order chi connectivity index (χ0) is 13.3. The first-order chi connectivity index (χ1) is 8.38. The number of rotatable bonds is 2. The number of benzene rings is 1. The molecule has 1 aromatic rings. The lowest BCUT2D eigenvalue weighted by molar-refractivity contribution is -0.137. The topological polar surface area (TPSA) is 26.0 Å². The van der Waals surface area contributed by atoms with Gasteiger partial charge in [0, 0.05) is 11.1 Å². The lowest BCUT2D eigenvalue weighted by Crippen LogP contribution is -2.20. The van der Waals surface area contributed by atoms with E-state index in [-0.39, 0.29) is 29.4 Å². The maximum Gasteiger partial charge on any atom is 0.416 e. The second-order valence-corrected chi connectivity index (χ2v) is 5.28. The van der Waals surface area contributed by atoms with Crippen LogP contribution >= 0.6 is 24.0 Å². The SMILES string of the molecule is Cl.N[C@H](c1cc(Cl)cc(C(F)(F)F)c1)C1CCCC1. The molecule has 1 aliphatic carbocycles. The Hall–Kier alpha value is -0.450. The highest BCUT2D eigenvalue weighted by atomic mass is 35.5. The Labute approximate surface area is 121 Å². The van der Waals surface area contributed by atoms with Gasteiger partial charge in [0.15, 0.2) is 0 Å². The molecule has 2 rings (SSSR count). The first kappa shape index (κ1) is 16.6. The predicted molar refractivity (Wildman–Crippen MR) is 72.6 cm³/mol. The average Bonchev–Trinajstić information content (AvgIpc) is 2.79. The van der Waals surface area contributed by atoms with E-state index in [9.17, 15) is 13.2 Å². The van der Waals surface area contributed by atoms with Crippen molar-refractivity contribution in [2.75, 3.05) is 0 Å². The molecule has 1 atom stereocenters. The van der Waals surface area contributed by atoms with Gasteiger partial charge in [-0.15, -0.1) is 12.4 Å². The maximum atomic E-state index is 12.7. The standard InChI is InChI=1S/C13H15ClF3N.ClH/c14-11-6-9(5-10(7-11)13(15,16)17)12(18)8-3-1-2-4-8;/h5-8,12H,1-4,18H2;1H/t12-;/m0./s1. The summed E-state index contributed by atoms with van der Waals surface area (Å²) >= 11 is 5.75. The van der Waals surface area contributed by atoms with Gasteiger partial charge in [0.1, 0.15) is 0 Å². The van der Waals surface area contributed by atoms with E-state index in [1.54, 1.807) is 6.07 Å². The molecule has 0 unspecified atom stereocenters. The molecule has 1 nitrogen and oxygen atoms in total. The molecule has 0 bridgehead atoms. The van der Waals surface area contributed by atoms with E-state index in [0.29, 0.717) is 5.56 Å². The minimum absolute atomic E-state index is 0. The molecule has 0 heterocycles. The Morgan fingerprint density at radius 2 is 1.74 bits per heavy atom. The summed E-state index contributed by atoms with van der Waals surface area (Å²) < 4.78 is 38.1. The summed E-state index contributed by atoms with van der Waals surface area (Å²) in [4.78, 5) is 0. The highest BCUT2D eigenvalue weighted by Crippen LogP contribution is 2.38. The fourth-order valence-electron chi connectivity index (χ4n) is 2.56. The molecule has 0 aliphatic heterocycles. The third-order valence-corrected chi connectivity index (χ3v) is 3.76. The van der Waals surface area contributed by atoms with Gasteiger partial charge in [-0.25, -0.2) is 0 Å². The molecule has 0 amide bonds. The zero-order valence-corrected chi connectivity index (χ0v) is 11.8. The number of hydrogen-bond acceptors (Lipinski definition) is 1. The van der Waals surface area contributed by atoms with E-state index in [0.717, 1.165) is 37.8 Å². The summed E-state index contributed by atoms with van der Waals surface area (Å²) in [6.45, 7) is 0. The first-order valence-corrected chi connectivity index (χ1v) is 6.39. The van der Waals surface area contributed by atoms with Crippen LogP contribution in [-0.4, -0.2) is 0 Å². The molecular formula is C13H16Cl2F3N. The van der Waals surface area contributed by atoms with Crippen molar-refractivity contribution in [3.63, 3.8) is 0 Å². The Morgan fingerprint density at radius 1 is 1.16 bits per heavy atom. The van der Waals surface area contributed by atoms with Crippen LogP contribution in [0, 0.1) is 5.92 Å². The van der Waals surface area contributed by atoms with Gasteiger partial charge in [-0.1, -0.05) is 24.4 Å². The molecule has 108 valence electrons. The lowest BCUT2D eigenvalue weighted by Gasteiger charge is -2.20. The molecule has 2 N–H and O–H groups in total. The van der Waals surface area contributed by atoms with Gasteiger partial charge in [0.05, 0.1) is 5.56 Å². The van der Waals surface area contributed by atoms with Crippen molar-refractivity contribution in [3.8, 4) is 0 Å². The molecule has 0 radical (unpaired) electrons. The largest absolute Gasteiger partial charge is 0.416 e. The van der Waals surface area contributed by atoms with Crippen molar-refractivity contribution < 1.29 is 13.2 Å². The van der Waals surface area contributed by atoms with E-state index in [1.807, 2.05) is 0 Å². The Balaban J connectivity index is 0.00000180. The highest BCUT2D eigenvalue weighted by molar-refractivity contribution is 6.30. The van der Waals surface area contributed by atoms with Gasteiger partial charge in [-0.2, -0.15) is 13.2 Å². The summed E-state index contributed by atoms with van der Waals surface area (Å²) in [5.41, 5.74) is 5.82. The average molecular weight is 314 g/mol. The Morgan fingerprint density at radius 3 is 2.26 bits per heavy atom. The molecule has 1 aliphatic rings. The van der Waals surface area contributed by atoms with Gasteiger partial charge in [0.25, 0.3) is 0 Å². The normalized spacial score (nSPS) is 18.2. The van der Waals surface area contributed by atoms with Crippen LogP contribution in [0.4, 0.5) is 13.2 Å². The predicted octanol–water partition coefficient (Wildman–Crippen LogP) is 4.97. The van der Waals surface area contributed by atoms with Crippen molar-refractivity contribution in [1.82, 2.24) is 0 Å². The summed E-state index contributed by atoms with van der Waals surface area (Å²) in [7, 11) is 0. The van der Waals surface area contributed by atoms with Crippen LogP contribution < -0.4 is 5.73 Å². The zero-order valence-electron chi connectivity index (χ0n) is 10.2. The van der Waals surface area contributed by atoms with Crippen molar-refractivity contribution in [3.05, 3.63) is 34.3 Å². The van der Waals surface area contributed by atoms with E-state index in [1.165, 1.54) is 0 Å². The molecule has 6 heteroatoms. The minimum Gasteiger partial charge on any atom is -0.324 e. The van der Waals surface area contributed by atoms with Crippen LogP contribution in [-0.2, 0) is 6.18 Å². The van der Waals surface area contributed by atoms with Gasteiger partial charge in [-0.05, 0) is 42.5 Å². The second kappa shape index (κ2) is 6.33. The lowest BCUT2D eigenvalue weighted by atomic mass is 9.91. The third kappa shape index (κ3) is 4.01. The van der Waals surface area contributed by atoms with Crippen LogP contribution in [0.3, 0.4) is 0 Å². The van der Waals surface area contributed by atoms with E-state index in [4.69, 9.17) is 17.3 Å². The van der Waals surface area contributed by atoms with Crippen molar-refractivity contribution in [2.45, 2.75) is 37.9 Å². The fourth-order valence-corrected chi connectivity index (χ4v) is 2.80. The maximum absolute atomic E-state index is 12.7. The van der Waals surface area contributed by atoms with E-state index in [2.05, 4.69) is 0 Å². The molecule has 1 fully saturated rings. The molecule has 0 aromatic heterocycles. The molecule has 1 saturated carbocycles. The fraction of sp³-hybridized carbons (Fsp3) is 0.538. The van der Waals surface area contributed by atoms with Gasteiger partial charge >= 0.3 is 6.18 Å². The highest BCUT2D eigenvalue weighted by Gasteiger charge is 2.32. The quantitative estimate of drug-likeness (QED) is 0.819. The molecule has 1 aromatic carbocycles. The number of alkyl halides is 3. The summed E-state index contributed by atoms with van der Waals surface area (Å²) in [5.74, 6) is 0.268. The monoisotopic (exact) mass is 313 g/mol. The molecular weight excluding hydrogens is 298 g/mol. The number of halogens is 5. The molecule has 0 saturated heterocycles. The minimum atomic E-state index is -4.38. The van der Waals surface area contributed by atoms with Crippen LogP contribution in [0.15, 0.2) is 18.2 Å². The third-order valence-electron chi connectivity index (χ3n) is 3.54. The Kier molecular flexibility index (Phi) is 5.53. The van der Waals surface area contributed by atoms with E-state index < -0.39 is 11.7 Å².